The first-order valence-electron chi connectivity index (χ1n) is 5.47. The van der Waals surface area contributed by atoms with Gasteiger partial charge in [0.05, 0.1) is 6.54 Å². The number of nitrogens with zero attached hydrogens (tertiary/aromatic N) is 4. The van der Waals surface area contributed by atoms with Crippen molar-refractivity contribution in [3.8, 4) is 0 Å². The van der Waals surface area contributed by atoms with Gasteiger partial charge in [-0.1, -0.05) is 0 Å². The van der Waals surface area contributed by atoms with E-state index in [2.05, 4.69) is 15.2 Å². The molecular formula is C11H15N5O. The first-order chi connectivity index (χ1) is 8.22. The van der Waals surface area contributed by atoms with Crippen LogP contribution < -0.4 is 0 Å². The molecule has 0 saturated carbocycles. The van der Waals surface area contributed by atoms with Gasteiger partial charge in [0, 0.05) is 19.8 Å². The van der Waals surface area contributed by atoms with E-state index in [0.29, 0.717) is 18.1 Å². The number of aromatic amines is 1. The van der Waals surface area contributed by atoms with Crippen molar-refractivity contribution in [3.63, 3.8) is 0 Å². The highest BCUT2D eigenvalue weighted by Gasteiger charge is 2.15. The fourth-order valence-corrected chi connectivity index (χ4v) is 1.68. The molecule has 0 aliphatic rings. The molecule has 0 bridgehead atoms. The predicted octanol–water partition coefficient (Wildman–Crippen LogP) is 0.898. The molecule has 90 valence electrons. The molecule has 2 heterocycles. The largest absolute Gasteiger partial charge is 0.344 e. The van der Waals surface area contributed by atoms with Crippen LogP contribution in [-0.4, -0.2) is 37.6 Å². The van der Waals surface area contributed by atoms with Gasteiger partial charge in [-0.3, -0.25) is 9.89 Å². The van der Waals surface area contributed by atoms with Crippen molar-refractivity contribution in [2.45, 2.75) is 20.0 Å². The molecule has 0 atom stereocenters. The van der Waals surface area contributed by atoms with E-state index in [-0.39, 0.29) is 5.91 Å². The normalized spacial score (nSPS) is 10.5. The van der Waals surface area contributed by atoms with Crippen molar-refractivity contribution >= 4 is 5.91 Å². The zero-order valence-corrected chi connectivity index (χ0v) is 9.92. The zero-order chi connectivity index (χ0) is 12.3. The van der Waals surface area contributed by atoms with Crippen LogP contribution in [-0.2, 0) is 13.1 Å². The van der Waals surface area contributed by atoms with Crippen molar-refractivity contribution in [1.82, 2.24) is 24.6 Å². The van der Waals surface area contributed by atoms with Gasteiger partial charge in [0.1, 0.15) is 17.8 Å². The average Bonchev–Trinajstić information content (AvgIpc) is 2.97. The van der Waals surface area contributed by atoms with Crippen LogP contribution in [0.1, 0.15) is 23.2 Å². The Morgan fingerprint density at radius 1 is 1.59 bits per heavy atom. The van der Waals surface area contributed by atoms with E-state index in [1.165, 1.54) is 6.33 Å². The molecule has 6 heteroatoms. The Morgan fingerprint density at radius 3 is 3.06 bits per heavy atom. The molecule has 2 aromatic rings. The van der Waals surface area contributed by atoms with Crippen LogP contribution in [0.2, 0.25) is 0 Å². The summed E-state index contributed by atoms with van der Waals surface area (Å²) in [5, 5.41) is 6.49. The summed E-state index contributed by atoms with van der Waals surface area (Å²) < 4.78 is 1.92. The third-order valence-electron chi connectivity index (χ3n) is 2.59. The number of H-pyrrole nitrogens is 1. The van der Waals surface area contributed by atoms with Gasteiger partial charge in [0.2, 0.25) is 0 Å². The number of carbonyl (C=O) groups excluding carboxylic acids is 1. The number of aryl methyl sites for hydroxylation is 1. The Morgan fingerprint density at radius 2 is 2.41 bits per heavy atom. The lowest BCUT2D eigenvalue weighted by atomic mass is 10.3. The van der Waals surface area contributed by atoms with Gasteiger partial charge in [-0.05, 0) is 19.1 Å². The van der Waals surface area contributed by atoms with Gasteiger partial charge < -0.3 is 9.47 Å². The molecule has 2 rings (SSSR count). The maximum atomic E-state index is 12.2. The highest BCUT2D eigenvalue weighted by molar-refractivity contribution is 5.92. The highest BCUT2D eigenvalue weighted by atomic mass is 16.2. The molecule has 1 N–H and O–H groups in total. The van der Waals surface area contributed by atoms with E-state index in [0.717, 1.165) is 6.54 Å². The van der Waals surface area contributed by atoms with Crippen molar-refractivity contribution in [2.75, 3.05) is 7.05 Å². The molecule has 17 heavy (non-hydrogen) atoms. The topological polar surface area (TPSA) is 66.8 Å². The molecule has 0 fully saturated rings. The quantitative estimate of drug-likeness (QED) is 0.853. The Labute approximate surface area is 99.3 Å². The third kappa shape index (κ3) is 2.35. The fourth-order valence-electron chi connectivity index (χ4n) is 1.68. The summed E-state index contributed by atoms with van der Waals surface area (Å²) in [7, 11) is 1.75. The second-order valence-corrected chi connectivity index (χ2v) is 3.77. The standard InChI is InChI=1S/C11H15N5O/c1-3-16-6-4-5-9(16)11(17)15(2)7-10-12-8-13-14-10/h4-6,8H,3,7H2,1-2H3,(H,12,13,14). The van der Waals surface area contributed by atoms with Crippen LogP contribution in [0.15, 0.2) is 24.7 Å². The molecule has 0 radical (unpaired) electrons. The van der Waals surface area contributed by atoms with Crippen LogP contribution in [0.4, 0.5) is 0 Å². The van der Waals surface area contributed by atoms with Crippen LogP contribution in [0, 0.1) is 0 Å². The van der Waals surface area contributed by atoms with E-state index in [1.54, 1.807) is 11.9 Å². The minimum absolute atomic E-state index is 0.0201. The summed E-state index contributed by atoms with van der Waals surface area (Å²) in [6.45, 7) is 3.21. The van der Waals surface area contributed by atoms with Crippen molar-refractivity contribution in [3.05, 3.63) is 36.2 Å². The van der Waals surface area contributed by atoms with Crippen LogP contribution >= 0.6 is 0 Å². The Kier molecular flexibility index (Phi) is 3.22. The number of amides is 1. The molecule has 0 aliphatic carbocycles. The Balaban J connectivity index is 2.09. The van der Waals surface area contributed by atoms with E-state index in [9.17, 15) is 4.79 Å². The SMILES string of the molecule is CCn1cccc1C(=O)N(C)Cc1ncn[nH]1. The molecule has 0 saturated heterocycles. The lowest BCUT2D eigenvalue weighted by Gasteiger charge is -2.16. The lowest BCUT2D eigenvalue weighted by Crippen LogP contribution is -2.28. The Hall–Kier alpha value is -2.11. The minimum Gasteiger partial charge on any atom is -0.344 e. The summed E-state index contributed by atoms with van der Waals surface area (Å²) in [4.78, 5) is 17.8. The zero-order valence-electron chi connectivity index (χ0n) is 9.92. The molecule has 2 aromatic heterocycles. The van der Waals surface area contributed by atoms with Gasteiger partial charge in [-0.25, -0.2) is 4.98 Å². The molecule has 0 unspecified atom stereocenters. The number of hydrogen-bond donors (Lipinski definition) is 1. The summed E-state index contributed by atoms with van der Waals surface area (Å²) in [6.07, 6.45) is 3.33. The molecular weight excluding hydrogens is 218 g/mol. The maximum absolute atomic E-state index is 12.2. The van der Waals surface area contributed by atoms with E-state index >= 15 is 0 Å². The van der Waals surface area contributed by atoms with E-state index < -0.39 is 0 Å². The van der Waals surface area contributed by atoms with Gasteiger partial charge in [-0.15, -0.1) is 0 Å². The average molecular weight is 233 g/mol. The number of rotatable bonds is 4. The third-order valence-corrected chi connectivity index (χ3v) is 2.59. The number of hydrogen-bond acceptors (Lipinski definition) is 3. The number of aromatic nitrogens is 4. The number of nitrogens with one attached hydrogen (secondary N) is 1. The van der Waals surface area contributed by atoms with Crippen LogP contribution in [0.3, 0.4) is 0 Å². The van der Waals surface area contributed by atoms with Crippen molar-refractivity contribution in [1.29, 1.82) is 0 Å². The van der Waals surface area contributed by atoms with Crippen molar-refractivity contribution in [2.24, 2.45) is 0 Å². The first-order valence-corrected chi connectivity index (χ1v) is 5.47. The van der Waals surface area contributed by atoms with E-state index in [4.69, 9.17) is 0 Å². The second-order valence-electron chi connectivity index (χ2n) is 3.77. The van der Waals surface area contributed by atoms with Gasteiger partial charge >= 0.3 is 0 Å². The molecule has 0 spiro atoms. The molecule has 1 amide bonds. The van der Waals surface area contributed by atoms with Crippen LogP contribution in [0.25, 0.3) is 0 Å². The lowest BCUT2D eigenvalue weighted by molar-refractivity contribution is 0.0771. The minimum atomic E-state index is -0.0201. The van der Waals surface area contributed by atoms with Crippen molar-refractivity contribution < 1.29 is 4.79 Å². The summed E-state index contributed by atoms with van der Waals surface area (Å²) >= 11 is 0. The monoisotopic (exact) mass is 233 g/mol. The second kappa shape index (κ2) is 4.82. The van der Waals surface area contributed by atoms with Gasteiger partial charge in [0.15, 0.2) is 0 Å². The first kappa shape index (κ1) is 11.4. The number of carbonyl (C=O) groups is 1. The van der Waals surface area contributed by atoms with Gasteiger partial charge in [0.25, 0.3) is 5.91 Å². The fraction of sp³-hybridized carbons (Fsp3) is 0.364. The molecule has 0 aliphatic heterocycles. The molecule has 6 nitrogen and oxygen atoms in total. The smallest absolute Gasteiger partial charge is 0.270 e. The highest BCUT2D eigenvalue weighted by Crippen LogP contribution is 2.07. The van der Waals surface area contributed by atoms with E-state index in [1.807, 2.05) is 29.8 Å². The molecule has 0 aromatic carbocycles. The summed E-state index contributed by atoms with van der Waals surface area (Å²) in [5.41, 5.74) is 0.689. The maximum Gasteiger partial charge on any atom is 0.270 e. The summed E-state index contributed by atoms with van der Waals surface area (Å²) in [5.74, 6) is 0.656. The Bertz CT molecular complexity index is 488. The summed E-state index contributed by atoms with van der Waals surface area (Å²) in [6, 6.07) is 3.70. The van der Waals surface area contributed by atoms with Gasteiger partial charge in [-0.2, -0.15) is 5.10 Å². The predicted molar refractivity (Wildman–Crippen MR) is 62.3 cm³/mol. The van der Waals surface area contributed by atoms with Crippen LogP contribution in [0.5, 0.6) is 0 Å².